The zero-order valence-electron chi connectivity index (χ0n) is 12.2. The van der Waals surface area contributed by atoms with Crippen molar-refractivity contribution in [2.24, 2.45) is 11.8 Å². The molecule has 19 heavy (non-hydrogen) atoms. The molecule has 1 N–H and O–H groups in total. The van der Waals surface area contributed by atoms with Crippen LogP contribution in [0.2, 0.25) is 0 Å². The number of aliphatic hydroxyl groups is 1. The maximum atomic E-state index is 11.1. The first-order valence-corrected chi connectivity index (χ1v) is 8.04. The van der Waals surface area contributed by atoms with Gasteiger partial charge in [-0.25, -0.2) is 0 Å². The van der Waals surface area contributed by atoms with Crippen molar-refractivity contribution < 1.29 is 14.6 Å². The van der Waals surface area contributed by atoms with Crippen LogP contribution < -0.4 is 0 Å². The molecule has 3 rings (SSSR count). The third-order valence-corrected chi connectivity index (χ3v) is 5.62. The van der Waals surface area contributed by atoms with Gasteiger partial charge in [0.15, 0.2) is 0 Å². The minimum atomic E-state index is -0.594. The van der Waals surface area contributed by atoms with Crippen molar-refractivity contribution in [3.8, 4) is 0 Å². The second kappa shape index (κ2) is 5.34. The van der Waals surface area contributed by atoms with Crippen molar-refractivity contribution in [2.75, 3.05) is 20.3 Å². The SMILES string of the molecule is COCC(O)(C1CC1)C1CCOC2(CCCCC2)C1. The summed E-state index contributed by atoms with van der Waals surface area (Å²) in [4.78, 5) is 0. The maximum absolute atomic E-state index is 11.1. The summed E-state index contributed by atoms with van der Waals surface area (Å²) in [5, 5.41) is 11.1. The minimum Gasteiger partial charge on any atom is -0.387 e. The molecule has 1 aliphatic heterocycles. The third kappa shape index (κ3) is 2.70. The molecule has 1 spiro atoms. The Kier molecular flexibility index (Phi) is 3.89. The molecule has 110 valence electrons. The summed E-state index contributed by atoms with van der Waals surface area (Å²) in [5.41, 5.74) is -0.513. The molecule has 0 radical (unpaired) electrons. The van der Waals surface area contributed by atoms with E-state index in [4.69, 9.17) is 9.47 Å². The van der Waals surface area contributed by atoms with Gasteiger partial charge in [-0.15, -0.1) is 0 Å². The van der Waals surface area contributed by atoms with Crippen LogP contribution in [0.3, 0.4) is 0 Å². The van der Waals surface area contributed by atoms with Gasteiger partial charge in [-0.3, -0.25) is 0 Å². The molecule has 0 aromatic rings. The fourth-order valence-corrected chi connectivity index (χ4v) is 4.38. The van der Waals surface area contributed by atoms with Gasteiger partial charge in [0.05, 0.1) is 17.8 Å². The highest BCUT2D eigenvalue weighted by molar-refractivity contribution is 5.03. The van der Waals surface area contributed by atoms with E-state index in [9.17, 15) is 5.11 Å². The van der Waals surface area contributed by atoms with Crippen molar-refractivity contribution >= 4 is 0 Å². The highest BCUT2D eigenvalue weighted by Crippen LogP contribution is 2.50. The van der Waals surface area contributed by atoms with Gasteiger partial charge in [-0.05, 0) is 50.4 Å². The van der Waals surface area contributed by atoms with Gasteiger partial charge in [0.2, 0.25) is 0 Å². The Morgan fingerprint density at radius 2 is 1.89 bits per heavy atom. The van der Waals surface area contributed by atoms with Crippen molar-refractivity contribution in [3.05, 3.63) is 0 Å². The lowest BCUT2D eigenvalue weighted by Crippen LogP contribution is -2.52. The van der Waals surface area contributed by atoms with E-state index in [-0.39, 0.29) is 5.60 Å². The maximum Gasteiger partial charge on any atom is 0.0937 e. The Morgan fingerprint density at radius 1 is 1.16 bits per heavy atom. The van der Waals surface area contributed by atoms with Crippen LogP contribution in [0.5, 0.6) is 0 Å². The van der Waals surface area contributed by atoms with Crippen molar-refractivity contribution in [2.45, 2.75) is 69.0 Å². The van der Waals surface area contributed by atoms with Gasteiger partial charge in [0.1, 0.15) is 0 Å². The van der Waals surface area contributed by atoms with E-state index in [1.54, 1.807) is 7.11 Å². The van der Waals surface area contributed by atoms with Crippen LogP contribution in [0.15, 0.2) is 0 Å². The van der Waals surface area contributed by atoms with Crippen LogP contribution in [0, 0.1) is 11.8 Å². The molecule has 3 fully saturated rings. The summed E-state index contributed by atoms with van der Waals surface area (Å²) >= 11 is 0. The van der Waals surface area contributed by atoms with Crippen LogP contribution in [-0.2, 0) is 9.47 Å². The number of hydrogen-bond acceptors (Lipinski definition) is 3. The van der Waals surface area contributed by atoms with Gasteiger partial charge < -0.3 is 14.6 Å². The molecule has 2 saturated carbocycles. The Morgan fingerprint density at radius 3 is 2.53 bits per heavy atom. The molecule has 2 unspecified atom stereocenters. The Bertz CT molecular complexity index is 302. The van der Waals surface area contributed by atoms with E-state index in [2.05, 4.69) is 0 Å². The first kappa shape index (κ1) is 13.8. The molecule has 2 atom stereocenters. The molecule has 1 heterocycles. The van der Waals surface area contributed by atoms with Crippen LogP contribution in [0.4, 0.5) is 0 Å². The zero-order chi connectivity index (χ0) is 13.3. The molecule has 3 nitrogen and oxygen atoms in total. The smallest absolute Gasteiger partial charge is 0.0937 e. The third-order valence-electron chi connectivity index (χ3n) is 5.62. The molecule has 2 aliphatic carbocycles. The van der Waals surface area contributed by atoms with E-state index in [0.717, 1.165) is 19.4 Å². The van der Waals surface area contributed by atoms with Crippen molar-refractivity contribution in [1.29, 1.82) is 0 Å². The van der Waals surface area contributed by atoms with E-state index in [1.165, 1.54) is 44.9 Å². The van der Waals surface area contributed by atoms with Crippen LogP contribution in [-0.4, -0.2) is 36.6 Å². The first-order valence-electron chi connectivity index (χ1n) is 8.04. The molecule has 1 saturated heterocycles. The largest absolute Gasteiger partial charge is 0.387 e. The highest BCUT2D eigenvalue weighted by Gasteiger charge is 2.53. The first-order chi connectivity index (χ1) is 9.19. The molecular formula is C16H28O3. The van der Waals surface area contributed by atoms with Crippen LogP contribution in [0.1, 0.15) is 57.8 Å². The Hall–Kier alpha value is -0.120. The molecule has 0 aromatic heterocycles. The second-order valence-corrected chi connectivity index (χ2v) is 6.98. The van der Waals surface area contributed by atoms with E-state index in [1.807, 2.05) is 0 Å². The van der Waals surface area contributed by atoms with Crippen LogP contribution in [0.25, 0.3) is 0 Å². The average molecular weight is 268 g/mol. The molecule has 0 aromatic carbocycles. The fraction of sp³-hybridized carbons (Fsp3) is 1.00. The van der Waals surface area contributed by atoms with Gasteiger partial charge in [0, 0.05) is 13.7 Å². The molecule has 0 amide bonds. The van der Waals surface area contributed by atoms with Crippen molar-refractivity contribution in [1.82, 2.24) is 0 Å². The summed E-state index contributed by atoms with van der Waals surface area (Å²) in [6.07, 6.45) is 10.7. The molecule has 0 bridgehead atoms. The predicted molar refractivity (Wildman–Crippen MR) is 74.0 cm³/mol. The number of methoxy groups -OCH3 is 1. The molecule has 3 aliphatic rings. The summed E-state index contributed by atoms with van der Waals surface area (Å²) in [7, 11) is 1.71. The van der Waals surface area contributed by atoms with Gasteiger partial charge in [-0.2, -0.15) is 0 Å². The molecule has 3 heteroatoms. The summed E-state index contributed by atoms with van der Waals surface area (Å²) in [6, 6.07) is 0. The zero-order valence-corrected chi connectivity index (χ0v) is 12.2. The second-order valence-electron chi connectivity index (χ2n) is 6.98. The predicted octanol–water partition coefficient (Wildman–Crippen LogP) is 2.90. The standard InChI is InChI=1S/C16H28O3/c1-18-12-16(17,13-5-6-13)14-7-10-19-15(11-14)8-3-2-4-9-15/h13-14,17H,2-12H2,1H3. The normalized spacial score (nSPS) is 34.1. The topological polar surface area (TPSA) is 38.7 Å². The van der Waals surface area contributed by atoms with E-state index in [0.29, 0.717) is 18.4 Å². The average Bonchev–Trinajstić information content (AvgIpc) is 3.24. The highest BCUT2D eigenvalue weighted by atomic mass is 16.5. The van der Waals surface area contributed by atoms with Crippen LogP contribution >= 0.6 is 0 Å². The van der Waals surface area contributed by atoms with E-state index >= 15 is 0 Å². The molecular weight excluding hydrogens is 240 g/mol. The number of hydrogen-bond donors (Lipinski definition) is 1. The van der Waals surface area contributed by atoms with Gasteiger partial charge in [0.25, 0.3) is 0 Å². The van der Waals surface area contributed by atoms with Gasteiger partial charge >= 0.3 is 0 Å². The summed E-state index contributed by atoms with van der Waals surface area (Å²) < 4.78 is 11.5. The summed E-state index contributed by atoms with van der Waals surface area (Å²) in [5.74, 6) is 0.836. The lowest BCUT2D eigenvalue weighted by Gasteiger charge is -2.48. The Balaban J connectivity index is 1.72. The quantitative estimate of drug-likeness (QED) is 0.852. The summed E-state index contributed by atoms with van der Waals surface area (Å²) in [6.45, 7) is 1.32. The lowest BCUT2D eigenvalue weighted by molar-refractivity contribution is -0.174. The Labute approximate surface area is 116 Å². The van der Waals surface area contributed by atoms with E-state index < -0.39 is 5.60 Å². The van der Waals surface area contributed by atoms with Gasteiger partial charge in [-0.1, -0.05) is 19.3 Å². The number of ether oxygens (including phenoxy) is 2. The minimum absolute atomic E-state index is 0.0811. The monoisotopic (exact) mass is 268 g/mol. The number of rotatable bonds is 4. The lowest BCUT2D eigenvalue weighted by atomic mass is 9.69. The fourth-order valence-electron chi connectivity index (χ4n) is 4.38. The van der Waals surface area contributed by atoms with Crippen molar-refractivity contribution in [3.63, 3.8) is 0 Å².